The van der Waals surface area contributed by atoms with E-state index in [0.29, 0.717) is 36.6 Å². The Morgan fingerprint density at radius 1 is 0.833 bits per heavy atom. The highest BCUT2D eigenvalue weighted by molar-refractivity contribution is 5.89. The summed E-state index contributed by atoms with van der Waals surface area (Å²) in [6.45, 7) is 7.06. The number of hydrogen-bond acceptors (Lipinski definition) is 2. The number of amides is 2. The Morgan fingerprint density at radius 2 is 1.20 bits per heavy atom. The van der Waals surface area contributed by atoms with Gasteiger partial charge in [0, 0.05) is 13.1 Å². The minimum Gasteiger partial charge on any atom is -0.345 e. The van der Waals surface area contributed by atoms with Gasteiger partial charge in [0.25, 0.3) is 0 Å². The lowest BCUT2D eigenvalue weighted by Gasteiger charge is -2.28. The van der Waals surface area contributed by atoms with E-state index >= 15 is 0 Å². The first-order chi connectivity index (χ1) is 14.4. The number of nitrogens with one attached hydrogen (secondary N) is 2. The Bertz CT molecular complexity index is 804. The van der Waals surface area contributed by atoms with E-state index < -0.39 is 0 Å². The van der Waals surface area contributed by atoms with Crippen molar-refractivity contribution in [3.63, 3.8) is 0 Å². The second-order valence-electron chi connectivity index (χ2n) is 8.34. The summed E-state index contributed by atoms with van der Waals surface area (Å²) < 4.78 is 7.66. The molecular formula is C22H36N6O2+2. The summed E-state index contributed by atoms with van der Waals surface area (Å²) in [4.78, 5) is 25.2. The number of nitrogens with zero attached hydrogens (tertiary/aromatic N) is 4. The first kappa shape index (κ1) is 22.1. The van der Waals surface area contributed by atoms with Gasteiger partial charge in [-0.3, -0.25) is 9.59 Å². The number of aromatic nitrogens is 4. The van der Waals surface area contributed by atoms with Crippen LogP contribution in [0.15, 0.2) is 24.8 Å². The van der Waals surface area contributed by atoms with Crippen molar-refractivity contribution >= 4 is 11.8 Å². The third-order valence-corrected chi connectivity index (χ3v) is 6.31. The topological polar surface area (TPSA) is 75.8 Å². The van der Waals surface area contributed by atoms with Crippen LogP contribution >= 0.6 is 0 Å². The summed E-state index contributed by atoms with van der Waals surface area (Å²) in [5.74, 6) is 2.38. The van der Waals surface area contributed by atoms with Crippen molar-refractivity contribution in [2.75, 3.05) is 13.1 Å². The van der Waals surface area contributed by atoms with Gasteiger partial charge in [0.2, 0.25) is 0 Å². The van der Waals surface area contributed by atoms with E-state index in [1.165, 1.54) is 0 Å². The molecule has 1 saturated carbocycles. The highest BCUT2D eigenvalue weighted by Crippen LogP contribution is 2.28. The predicted octanol–water partition coefficient (Wildman–Crippen LogP) is 0.945. The lowest BCUT2D eigenvalue weighted by molar-refractivity contribution is -0.673. The molecule has 0 radical (unpaired) electrons. The van der Waals surface area contributed by atoms with Gasteiger partial charge in [0.05, 0.1) is 27.2 Å². The van der Waals surface area contributed by atoms with Crippen molar-refractivity contribution in [3.05, 3.63) is 36.4 Å². The first-order valence-electron chi connectivity index (χ1n) is 11.1. The molecule has 3 rings (SSSR count). The molecule has 2 aromatic rings. The molecule has 2 heterocycles. The third-order valence-electron chi connectivity index (χ3n) is 6.31. The molecule has 0 unspecified atom stereocenters. The van der Waals surface area contributed by atoms with Gasteiger partial charge in [-0.25, -0.2) is 18.3 Å². The van der Waals surface area contributed by atoms with Crippen LogP contribution < -0.4 is 19.8 Å². The van der Waals surface area contributed by atoms with E-state index in [2.05, 4.69) is 10.6 Å². The molecule has 0 saturated heterocycles. The number of hydrogen-bond donors (Lipinski definition) is 2. The summed E-state index contributed by atoms with van der Waals surface area (Å²) in [5.41, 5.74) is 0. The Balaban J connectivity index is 1.42. The van der Waals surface area contributed by atoms with Crippen molar-refractivity contribution < 1.29 is 18.7 Å². The second-order valence-corrected chi connectivity index (χ2v) is 8.34. The quantitative estimate of drug-likeness (QED) is 0.629. The minimum atomic E-state index is -0.00877. The van der Waals surface area contributed by atoms with Crippen LogP contribution in [-0.4, -0.2) is 34.0 Å². The van der Waals surface area contributed by atoms with Crippen molar-refractivity contribution in [2.24, 2.45) is 25.9 Å². The highest BCUT2D eigenvalue weighted by Gasteiger charge is 2.27. The van der Waals surface area contributed by atoms with Crippen LogP contribution in [-0.2, 0) is 27.2 Å². The molecule has 30 heavy (non-hydrogen) atoms. The maximum absolute atomic E-state index is 12.6. The largest absolute Gasteiger partial charge is 0.347 e. The van der Waals surface area contributed by atoms with Gasteiger partial charge in [0.15, 0.2) is 0 Å². The van der Waals surface area contributed by atoms with Crippen molar-refractivity contribution in [1.82, 2.24) is 19.8 Å². The predicted molar refractivity (Wildman–Crippen MR) is 113 cm³/mol. The van der Waals surface area contributed by atoms with Gasteiger partial charge in [-0.05, 0) is 51.4 Å². The monoisotopic (exact) mass is 416 g/mol. The molecule has 164 valence electrons. The van der Waals surface area contributed by atoms with Crippen LogP contribution in [0.4, 0.5) is 0 Å². The lowest BCUT2D eigenvalue weighted by Crippen LogP contribution is -2.43. The summed E-state index contributed by atoms with van der Waals surface area (Å²) in [6.07, 6.45) is 12.0. The molecule has 0 aliphatic heterocycles. The molecule has 8 heteroatoms. The Labute approximate surface area is 178 Å². The third kappa shape index (κ3) is 4.91. The maximum Gasteiger partial charge on any atom is 0.347 e. The van der Waals surface area contributed by atoms with Crippen LogP contribution in [0.1, 0.15) is 60.8 Å². The average Bonchev–Trinajstić information content (AvgIpc) is 3.32. The zero-order valence-corrected chi connectivity index (χ0v) is 18.7. The van der Waals surface area contributed by atoms with Crippen LogP contribution in [0.2, 0.25) is 0 Å². The number of carbonyl (C=O) groups is 2. The molecule has 0 atom stereocenters. The van der Waals surface area contributed by atoms with Crippen LogP contribution in [0, 0.1) is 11.8 Å². The molecule has 2 N–H and O–H groups in total. The van der Waals surface area contributed by atoms with Crippen LogP contribution in [0.25, 0.3) is 0 Å². The van der Waals surface area contributed by atoms with Gasteiger partial charge in [0.1, 0.15) is 24.8 Å². The standard InChI is InChI=1S/C22H34N6O2/c1-5-27-13-11-25(3)21(27)19(29)23-15-17-7-9-18(10-8-17)16-24-20(30)22-26(4)12-14-28(22)6-2/h11-14,17-18H,5-10,15-16H2,1-4H3/p+2. The average molecular weight is 417 g/mol. The molecule has 1 aliphatic carbocycles. The van der Waals surface area contributed by atoms with Gasteiger partial charge >= 0.3 is 23.5 Å². The van der Waals surface area contributed by atoms with E-state index in [0.717, 1.165) is 38.8 Å². The van der Waals surface area contributed by atoms with Crippen molar-refractivity contribution in [3.8, 4) is 0 Å². The summed E-state index contributed by atoms with van der Waals surface area (Å²) in [5, 5.41) is 6.23. The molecule has 1 fully saturated rings. The van der Waals surface area contributed by atoms with E-state index in [1.807, 2.05) is 71.0 Å². The first-order valence-corrected chi connectivity index (χ1v) is 11.1. The van der Waals surface area contributed by atoms with Crippen molar-refractivity contribution in [2.45, 2.75) is 52.6 Å². The summed E-state index contributed by atoms with van der Waals surface area (Å²) >= 11 is 0. The second kappa shape index (κ2) is 9.91. The van der Waals surface area contributed by atoms with Crippen molar-refractivity contribution in [1.29, 1.82) is 0 Å². The van der Waals surface area contributed by atoms with Crippen LogP contribution in [0.3, 0.4) is 0 Å². The Morgan fingerprint density at radius 3 is 1.53 bits per heavy atom. The summed E-state index contributed by atoms with van der Waals surface area (Å²) in [6, 6.07) is 0. The Hall–Kier alpha value is -2.64. The fourth-order valence-corrected chi connectivity index (χ4v) is 4.41. The minimum absolute atomic E-state index is 0.00877. The zero-order chi connectivity index (χ0) is 21.7. The molecule has 1 aliphatic rings. The van der Waals surface area contributed by atoms with Gasteiger partial charge in [-0.1, -0.05) is 0 Å². The highest BCUT2D eigenvalue weighted by atomic mass is 16.2. The molecule has 2 amide bonds. The zero-order valence-electron chi connectivity index (χ0n) is 18.7. The van der Waals surface area contributed by atoms with Gasteiger partial charge in [-0.2, -0.15) is 0 Å². The molecule has 0 bridgehead atoms. The lowest BCUT2D eigenvalue weighted by atomic mass is 9.82. The smallest absolute Gasteiger partial charge is 0.345 e. The van der Waals surface area contributed by atoms with Gasteiger partial charge < -0.3 is 10.6 Å². The van der Waals surface area contributed by atoms with Crippen LogP contribution in [0.5, 0.6) is 0 Å². The number of imidazole rings is 2. The molecule has 8 nitrogen and oxygen atoms in total. The molecule has 0 aromatic carbocycles. The molecular weight excluding hydrogens is 380 g/mol. The maximum atomic E-state index is 12.6. The van der Waals surface area contributed by atoms with E-state index in [4.69, 9.17) is 0 Å². The Kier molecular flexibility index (Phi) is 7.29. The number of carbonyl (C=O) groups excluding carboxylic acids is 2. The number of aryl methyl sites for hydroxylation is 4. The SMILES string of the molecule is CCn1cc[n+](C)c1C(=O)NCC1CCC(CNC(=O)c2n(CC)cc[n+]2C)CC1. The number of rotatable bonds is 8. The fourth-order valence-electron chi connectivity index (χ4n) is 4.41. The fraction of sp³-hybridized carbons (Fsp3) is 0.636. The van der Waals surface area contributed by atoms with Gasteiger partial charge in [-0.15, -0.1) is 0 Å². The summed E-state index contributed by atoms with van der Waals surface area (Å²) in [7, 11) is 3.80. The van der Waals surface area contributed by atoms with E-state index in [1.54, 1.807) is 0 Å². The molecule has 0 spiro atoms. The van der Waals surface area contributed by atoms with E-state index in [9.17, 15) is 9.59 Å². The van der Waals surface area contributed by atoms with E-state index in [-0.39, 0.29) is 11.8 Å². The molecule has 2 aromatic heterocycles. The normalized spacial score (nSPS) is 18.9.